The Morgan fingerprint density at radius 3 is 1.07 bits per heavy atom. The van der Waals surface area contributed by atoms with Crippen molar-refractivity contribution < 1.29 is 39.9 Å². The van der Waals surface area contributed by atoms with Gasteiger partial charge in [0.1, 0.15) is 6.10 Å². The first-order valence-corrected chi connectivity index (χ1v) is 35.2. The van der Waals surface area contributed by atoms with Crippen molar-refractivity contribution in [2.75, 3.05) is 61.9 Å². The van der Waals surface area contributed by atoms with Gasteiger partial charge in [-0.1, -0.05) is 121 Å². The predicted octanol–water partition coefficient (Wildman–Crippen LogP) is 15.2. The zero-order valence-corrected chi connectivity index (χ0v) is 58.6. The van der Waals surface area contributed by atoms with Gasteiger partial charge in [-0.2, -0.15) is 0 Å². The van der Waals surface area contributed by atoms with E-state index in [1.54, 1.807) is 6.92 Å². The van der Waals surface area contributed by atoms with Crippen LogP contribution in [-0.2, 0) is 14.3 Å². The third kappa shape index (κ3) is 17.1. The molecule has 502 valence electrons. The molecule has 11 nitrogen and oxygen atoms in total. The highest BCUT2D eigenvalue weighted by atomic mass is 16.5. The summed E-state index contributed by atoms with van der Waals surface area (Å²) in [7, 11) is 12.7. The van der Waals surface area contributed by atoms with Crippen LogP contribution in [0, 0.1) is 91.7 Å². The van der Waals surface area contributed by atoms with Crippen LogP contribution in [0.1, 0.15) is 216 Å². The number of hydrogen-bond donors (Lipinski definition) is 5. The quantitative estimate of drug-likeness (QED) is 0.0741. The van der Waals surface area contributed by atoms with E-state index in [1.807, 2.05) is 0 Å². The number of fused-ring (bicyclic) bond motifs is 3. The fourth-order valence-electron chi connectivity index (χ4n) is 20.4. The minimum atomic E-state index is -0.833. The Balaban J connectivity index is 0.000000204. The molecule has 9 aliphatic carbocycles. The van der Waals surface area contributed by atoms with Crippen molar-refractivity contribution in [2.45, 2.75) is 247 Å². The van der Waals surface area contributed by atoms with E-state index in [-0.39, 0.29) is 63.6 Å². The highest BCUT2D eigenvalue weighted by Crippen LogP contribution is 2.67. The lowest BCUT2D eigenvalue weighted by Gasteiger charge is -2.56. The minimum absolute atomic E-state index is 0.0611. The van der Waals surface area contributed by atoms with Gasteiger partial charge in [-0.3, -0.25) is 9.59 Å². The molecule has 9 rings (SSSR count). The topological polar surface area (TPSA) is 154 Å². The summed E-state index contributed by atoms with van der Waals surface area (Å²) in [5.74, 6) is 5.32. The van der Waals surface area contributed by atoms with E-state index in [0.29, 0.717) is 77.4 Å². The van der Waals surface area contributed by atoms with Crippen molar-refractivity contribution in [3.8, 4) is 0 Å². The number of allylic oxidation sites excluding steroid dienone is 6. The van der Waals surface area contributed by atoms with E-state index >= 15 is 0 Å². The molecule has 0 aromatic carbocycles. The second-order valence-electron chi connectivity index (χ2n) is 32.7. The number of hydrogen-bond acceptors (Lipinski definition) is 10. The maximum atomic E-state index is 12.0. The van der Waals surface area contributed by atoms with Gasteiger partial charge >= 0.3 is 5.97 Å². The average molecular weight is 1230 g/mol. The van der Waals surface area contributed by atoms with Crippen molar-refractivity contribution in [2.24, 2.45) is 91.7 Å². The van der Waals surface area contributed by atoms with E-state index in [9.17, 15) is 25.2 Å². The third-order valence-corrected chi connectivity index (χ3v) is 26.2. The van der Waals surface area contributed by atoms with Gasteiger partial charge in [0.05, 0.1) is 24.4 Å². The van der Waals surface area contributed by atoms with Gasteiger partial charge in [-0.25, -0.2) is 0 Å². The van der Waals surface area contributed by atoms with E-state index in [1.165, 1.54) is 107 Å². The van der Waals surface area contributed by atoms with E-state index in [0.717, 1.165) is 77.9 Å². The summed E-state index contributed by atoms with van der Waals surface area (Å²) in [4.78, 5) is 27.6. The van der Waals surface area contributed by atoms with Crippen LogP contribution in [0.15, 0.2) is 72.9 Å². The number of carbonyl (C=O) groups excluding carboxylic acids is 1. The van der Waals surface area contributed by atoms with Crippen LogP contribution >= 0.6 is 0 Å². The zero-order valence-electron chi connectivity index (χ0n) is 58.6. The molecule has 0 aliphatic heterocycles. The molecule has 5 N–H and O–H groups in total. The number of rotatable bonds is 16. The highest BCUT2D eigenvalue weighted by molar-refractivity contribution is 5.66. The number of aliphatic hydroxyl groups excluding tert-OH is 4. The van der Waals surface area contributed by atoms with Crippen LogP contribution in [0.25, 0.3) is 0 Å². The summed E-state index contributed by atoms with van der Waals surface area (Å²) in [6, 6.07) is 0. The van der Waals surface area contributed by atoms with Gasteiger partial charge in [-0.15, -0.1) is 0 Å². The molecule has 9 saturated carbocycles. The number of nitrogens with zero attached hydrogens (tertiary/aromatic N) is 3. The Labute approximate surface area is 537 Å². The van der Waals surface area contributed by atoms with Gasteiger partial charge in [0.25, 0.3) is 5.97 Å². The summed E-state index contributed by atoms with van der Waals surface area (Å²) in [6.45, 7) is 35.7. The molecule has 88 heavy (non-hydrogen) atoms. The molecule has 0 bridgehead atoms. The first-order chi connectivity index (χ1) is 41.2. The molecule has 0 radical (unpaired) electrons. The first kappa shape index (κ1) is 74.1. The maximum absolute atomic E-state index is 12.0. The highest BCUT2D eigenvalue weighted by Gasteiger charge is 2.60. The van der Waals surface area contributed by atoms with Crippen LogP contribution in [0.4, 0.5) is 0 Å². The van der Waals surface area contributed by atoms with Gasteiger partial charge in [0.15, 0.2) is 0 Å². The Bertz CT molecular complexity index is 2310. The summed E-state index contributed by atoms with van der Waals surface area (Å²) in [5.41, 5.74) is 5.21. The molecule has 6 unspecified atom stereocenters. The largest absolute Gasteiger partial charge is 0.481 e. The van der Waals surface area contributed by atoms with Gasteiger partial charge in [0.2, 0.25) is 0 Å². The summed E-state index contributed by atoms with van der Waals surface area (Å²) >= 11 is 0. The predicted molar refractivity (Wildman–Crippen MR) is 363 cm³/mol. The van der Waals surface area contributed by atoms with Gasteiger partial charge in [-0.05, 0) is 283 Å². The molecule has 0 saturated heterocycles. The number of aliphatic hydroxyl groups is 4. The van der Waals surface area contributed by atoms with Gasteiger partial charge < -0.3 is 45.0 Å². The molecule has 9 aliphatic rings. The van der Waals surface area contributed by atoms with Crippen LogP contribution in [0.3, 0.4) is 0 Å². The molecular formula is C77H131N3O8. The monoisotopic (exact) mass is 1230 g/mol. The Morgan fingerprint density at radius 2 is 0.773 bits per heavy atom. The van der Waals surface area contributed by atoms with Crippen molar-refractivity contribution in [1.29, 1.82) is 0 Å². The second kappa shape index (κ2) is 31.4. The van der Waals surface area contributed by atoms with Crippen molar-refractivity contribution >= 4 is 11.9 Å². The number of carbonyl (C=O) groups is 2. The van der Waals surface area contributed by atoms with Crippen molar-refractivity contribution in [3.63, 3.8) is 0 Å². The molecule has 9 fully saturated rings. The fraction of sp³-hybridized carbons (Fsp3) is 0.818. The van der Waals surface area contributed by atoms with E-state index < -0.39 is 5.97 Å². The average Bonchev–Trinajstić information content (AvgIpc) is 3.10. The van der Waals surface area contributed by atoms with Crippen molar-refractivity contribution in [1.82, 2.24) is 14.7 Å². The fourth-order valence-corrected chi connectivity index (χ4v) is 20.4. The Hall–Kier alpha value is -2.90. The number of esters is 1. The SMILES string of the molecule is C=C1CCC2[C@H](C/C=C\CN(C)C)C([C@@]3(C)CC[C@H](C)C[C@@H]3OC(C)=O)CC[C@]12C.C=C1CCC2[C@H](C/C=C\CN(C)C)C([C@@]3(C)CC[C@H](O)C[C@@H]3O)CC[C@]12C.C=C1CCC2[C@H](C/C=C\CN(C)C)C([C@@]3(C)CC[C@H](O)C[C@@H]3O)CC[C@]12C.CC(=O)O. The van der Waals surface area contributed by atoms with Crippen LogP contribution in [0.5, 0.6) is 0 Å². The maximum Gasteiger partial charge on any atom is 0.302 e. The third-order valence-electron chi connectivity index (χ3n) is 26.2. The number of carboxylic acids is 1. The smallest absolute Gasteiger partial charge is 0.302 e. The molecule has 0 amide bonds. The number of likely N-dealkylation sites (N-methyl/N-ethyl adjacent to an activating group) is 3. The lowest BCUT2D eigenvalue weighted by Crippen LogP contribution is -2.52. The number of aliphatic carboxylic acids is 1. The summed E-state index contributed by atoms with van der Waals surface area (Å²) in [6.07, 6.45) is 38.8. The van der Waals surface area contributed by atoms with Gasteiger partial charge in [0, 0.05) is 38.9 Å². The Morgan fingerprint density at radius 1 is 0.466 bits per heavy atom. The molecule has 0 aromatic heterocycles. The van der Waals surface area contributed by atoms with Crippen LogP contribution in [-0.4, -0.2) is 145 Å². The molecule has 0 aromatic rings. The van der Waals surface area contributed by atoms with Crippen molar-refractivity contribution in [3.05, 3.63) is 72.9 Å². The molecule has 0 heterocycles. The van der Waals surface area contributed by atoms with Crippen LogP contribution in [0.2, 0.25) is 0 Å². The van der Waals surface area contributed by atoms with E-state index in [4.69, 9.17) is 14.6 Å². The summed E-state index contributed by atoms with van der Waals surface area (Å²) in [5, 5.41) is 49.4. The lowest BCUT2D eigenvalue weighted by atomic mass is 9.50. The van der Waals surface area contributed by atoms with Crippen LogP contribution < -0.4 is 0 Å². The lowest BCUT2D eigenvalue weighted by molar-refractivity contribution is -0.168. The molecule has 11 heteroatoms. The Kier molecular flexibility index (Phi) is 26.4. The number of ether oxygens (including phenoxy) is 1. The first-order valence-electron chi connectivity index (χ1n) is 35.2. The molecule has 21 atom stereocenters. The minimum Gasteiger partial charge on any atom is -0.481 e. The second-order valence-corrected chi connectivity index (χ2v) is 32.7. The standard InChI is InChI=1S/C27H45NO2.2C24H41NO2.C2H4O2/c1-19-13-15-27(5,25(18-19)30-21(3)29)24-14-16-26(4)20(2)11-12-23(26)22(24)10-8-9-17-28(6)7;2*1-17-9-10-20-19(8-6-7-15-25(4)5)21(12-14-23(17,20)2)24(3)13-11-18(26)16-22(24)27;1-2(3)4/h8-9,19,22-25H,2,10-18H2,1,3-7H3;2*6-7,18-22,26-27H,1,8-16H2,2-5H3;1H3,(H,3,4)/b9-8-;2*7-6-;/t19-,22-,23?,24?,25-,26+,27+;2*18-,19-,20?,21?,22-,23+,24+;/m000./s1. The summed E-state index contributed by atoms with van der Waals surface area (Å²) < 4.78 is 6.01. The number of carboxylic acid groups (broad SMARTS) is 1. The van der Waals surface area contributed by atoms with E-state index in [2.05, 4.69) is 162 Å². The zero-order chi connectivity index (χ0) is 65.3. The normalized spacial score (nSPS) is 42.6. The molecular weight excluding hydrogens is 1090 g/mol. The molecule has 0 spiro atoms.